The maximum absolute atomic E-state index is 12.5. The number of ketones is 1. The molecule has 0 bridgehead atoms. The summed E-state index contributed by atoms with van der Waals surface area (Å²) in [6, 6.07) is 6.31. The number of sulfonamides is 1. The number of carbonyl (C=O) groups is 1. The summed E-state index contributed by atoms with van der Waals surface area (Å²) in [5.41, 5.74) is 0.535. The molecule has 1 aliphatic heterocycles. The summed E-state index contributed by atoms with van der Waals surface area (Å²) >= 11 is 0. The van der Waals surface area contributed by atoms with Crippen LogP contribution in [-0.2, 0) is 10.0 Å². The molecule has 1 heterocycles. The van der Waals surface area contributed by atoms with E-state index in [0.29, 0.717) is 12.1 Å². The Kier molecular flexibility index (Phi) is 4.06. The average molecular weight is 281 g/mol. The molecule has 1 unspecified atom stereocenters. The zero-order chi connectivity index (χ0) is 14.0. The van der Waals surface area contributed by atoms with Gasteiger partial charge in [0, 0.05) is 18.2 Å². The topological polar surface area (TPSA) is 54.5 Å². The van der Waals surface area contributed by atoms with E-state index in [2.05, 4.69) is 0 Å². The summed E-state index contributed by atoms with van der Waals surface area (Å²) in [6.45, 7) is 4.07. The van der Waals surface area contributed by atoms with Crippen LogP contribution in [-0.4, -0.2) is 31.1 Å². The first-order valence-corrected chi connectivity index (χ1v) is 8.03. The Morgan fingerprint density at radius 3 is 2.47 bits per heavy atom. The summed E-state index contributed by atoms with van der Waals surface area (Å²) in [7, 11) is -3.42. The first-order chi connectivity index (χ1) is 8.96. The zero-order valence-electron chi connectivity index (χ0n) is 11.3. The summed E-state index contributed by atoms with van der Waals surface area (Å²) in [5, 5.41) is 0. The van der Waals surface area contributed by atoms with Gasteiger partial charge in [0.1, 0.15) is 0 Å². The molecule has 0 amide bonds. The second-order valence-electron chi connectivity index (χ2n) is 4.90. The van der Waals surface area contributed by atoms with Crippen molar-refractivity contribution < 1.29 is 13.2 Å². The van der Waals surface area contributed by atoms with E-state index >= 15 is 0 Å². The van der Waals surface area contributed by atoms with E-state index in [4.69, 9.17) is 0 Å². The number of hydrogen-bond donors (Lipinski definition) is 0. The van der Waals surface area contributed by atoms with Crippen LogP contribution in [0.25, 0.3) is 0 Å². The molecule has 19 heavy (non-hydrogen) atoms. The molecule has 0 aromatic heterocycles. The fourth-order valence-corrected chi connectivity index (χ4v) is 4.30. The number of nitrogens with zero attached hydrogens (tertiary/aromatic N) is 1. The summed E-state index contributed by atoms with van der Waals surface area (Å²) in [6.07, 6.45) is 2.69. The molecule has 1 aliphatic rings. The van der Waals surface area contributed by atoms with Crippen LogP contribution in [0.1, 0.15) is 43.5 Å². The average Bonchev–Trinajstić information content (AvgIpc) is 2.87. The quantitative estimate of drug-likeness (QED) is 0.797. The lowest BCUT2D eigenvalue weighted by Gasteiger charge is -2.23. The maximum atomic E-state index is 12.5. The van der Waals surface area contributed by atoms with Crippen molar-refractivity contribution >= 4 is 15.8 Å². The van der Waals surface area contributed by atoms with E-state index < -0.39 is 10.0 Å². The number of Topliss-reactive ketones (excluding diaryl/α,β-unsaturated/α-hetero) is 1. The van der Waals surface area contributed by atoms with Crippen molar-refractivity contribution in [2.75, 3.05) is 6.54 Å². The van der Waals surface area contributed by atoms with Crippen molar-refractivity contribution in [3.63, 3.8) is 0 Å². The molecular weight excluding hydrogens is 262 g/mol. The Hall–Kier alpha value is -1.20. The van der Waals surface area contributed by atoms with Gasteiger partial charge in [0.25, 0.3) is 0 Å². The molecule has 0 N–H and O–H groups in total. The Labute approximate surface area is 114 Å². The third kappa shape index (κ3) is 2.72. The number of rotatable bonds is 4. The molecule has 0 radical (unpaired) electrons. The minimum absolute atomic E-state index is 0.0587. The smallest absolute Gasteiger partial charge is 0.243 e. The second kappa shape index (κ2) is 5.43. The Morgan fingerprint density at radius 2 is 1.95 bits per heavy atom. The van der Waals surface area contributed by atoms with E-state index in [1.807, 2.05) is 6.92 Å². The minimum atomic E-state index is -3.42. The van der Waals surface area contributed by atoms with Crippen LogP contribution < -0.4 is 0 Å². The second-order valence-corrected chi connectivity index (χ2v) is 6.79. The lowest BCUT2D eigenvalue weighted by Crippen LogP contribution is -2.35. The maximum Gasteiger partial charge on any atom is 0.243 e. The van der Waals surface area contributed by atoms with E-state index in [-0.39, 0.29) is 16.7 Å². The first kappa shape index (κ1) is 14.2. The third-order valence-electron chi connectivity index (χ3n) is 3.66. The van der Waals surface area contributed by atoms with Gasteiger partial charge in [-0.2, -0.15) is 4.31 Å². The SMILES string of the molecule is CCC1CCCN1S(=O)(=O)c1ccc(C(C)=O)cc1. The highest BCUT2D eigenvalue weighted by Gasteiger charge is 2.33. The van der Waals surface area contributed by atoms with Gasteiger partial charge >= 0.3 is 0 Å². The van der Waals surface area contributed by atoms with Crippen LogP contribution in [0.2, 0.25) is 0 Å². The molecule has 1 saturated heterocycles. The van der Waals surface area contributed by atoms with Gasteiger partial charge in [-0.15, -0.1) is 0 Å². The molecule has 1 aromatic carbocycles. The molecule has 2 rings (SSSR count). The molecule has 0 saturated carbocycles. The molecule has 1 aromatic rings. The van der Waals surface area contributed by atoms with Gasteiger partial charge in [0.15, 0.2) is 5.78 Å². The summed E-state index contributed by atoms with van der Waals surface area (Å²) in [4.78, 5) is 11.5. The van der Waals surface area contributed by atoms with E-state index in [1.165, 1.54) is 19.1 Å². The Morgan fingerprint density at radius 1 is 1.32 bits per heavy atom. The van der Waals surface area contributed by atoms with Crippen molar-refractivity contribution in [3.05, 3.63) is 29.8 Å². The van der Waals surface area contributed by atoms with Crippen LogP contribution in [0.5, 0.6) is 0 Å². The molecule has 1 fully saturated rings. The van der Waals surface area contributed by atoms with Crippen LogP contribution in [0.4, 0.5) is 0 Å². The molecule has 4 nitrogen and oxygen atoms in total. The van der Waals surface area contributed by atoms with Crippen LogP contribution in [0.3, 0.4) is 0 Å². The van der Waals surface area contributed by atoms with E-state index in [9.17, 15) is 13.2 Å². The van der Waals surface area contributed by atoms with Gasteiger partial charge in [0.05, 0.1) is 4.90 Å². The van der Waals surface area contributed by atoms with Crippen LogP contribution >= 0.6 is 0 Å². The van der Waals surface area contributed by atoms with Gasteiger partial charge < -0.3 is 0 Å². The number of benzene rings is 1. The predicted molar refractivity (Wildman–Crippen MR) is 73.7 cm³/mol. The third-order valence-corrected chi connectivity index (χ3v) is 5.63. The molecule has 104 valence electrons. The standard InChI is InChI=1S/C14H19NO3S/c1-3-13-5-4-10-15(13)19(17,18)14-8-6-12(7-9-14)11(2)16/h6-9,13H,3-5,10H2,1-2H3. The largest absolute Gasteiger partial charge is 0.295 e. The lowest BCUT2D eigenvalue weighted by atomic mass is 10.2. The monoisotopic (exact) mass is 281 g/mol. The predicted octanol–water partition coefficient (Wildman–Crippen LogP) is 2.45. The summed E-state index contributed by atoms with van der Waals surface area (Å²) in [5.74, 6) is -0.0587. The fraction of sp³-hybridized carbons (Fsp3) is 0.500. The molecular formula is C14H19NO3S. The zero-order valence-corrected chi connectivity index (χ0v) is 12.1. The van der Waals surface area contributed by atoms with Crippen molar-refractivity contribution in [3.8, 4) is 0 Å². The normalized spacial score (nSPS) is 20.6. The highest BCUT2D eigenvalue weighted by atomic mass is 32.2. The van der Waals surface area contributed by atoms with Crippen molar-refractivity contribution in [2.24, 2.45) is 0 Å². The highest BCUT2D eigenvalue weighted by molar-refractivity contribution is 7.89. The Balaban J connectivity index is 2.31. The molecule has 0 aliphatic carbocycles. The van der Waals surface area contributed by atoms with Gasteiger partial charge in [-0.1, -0.05) is 19.1 Å². The van der Waals surface area contributed by atoms with Crippen LogP contribution in [0.15, 0.2) is 29.2 Å². The summed E-state index contributed by atoms with van der Waals surface area (Å²) < 4.78 is 26.6. The van der Waals surface area contributed by atoms with Crippen molar-refractivity contribution in [1.29, 1.82) is 0 Å². The number of carbonyl (C=O) groups excluding carboxylic acids is 1. The van der Waals surface area contributed by atoms with Gasteiger partial charge in [-0.3, -0.25) is 4.79 Å². The minimum Gasteiger partial charge on any atom is -0.295 e. The Bertz CT molecular complexity index is 563. The van der Waals surface area contributed by atoms with E-state index in [1.54, 1.807) is 16.4 Å². The lowest BCUT2D eigenvalue weighted by molar-refractivity contribution is 0.101. The molecule has 1 atom stereocenters. The van der Waals surface area contributed by atoms with Crippen molar-refractivity contribution in [1.82, 2.24) is 4.31 Å². The number of hydrogen-bond acceptors (Lipinski definition) is 3. The molecule has 5 heteroatoms. The molecule has 0 spiro atoms. The van der Waals surface area contributed by atoms with Gasteiger partial charge in [-0.25, -0.2) is 8.42 Å². The fourth-order valence-electron chi connectivity index (χ4n) is 2.53. The highest BCUT2D eigenvalue weighted by Crippen LogP contribution is 2.27. The van der Waals surface area contributed by atoms with Gasteiger partial charge in [-0.05, 0) is 38.3 Å². The van der Waals surface area contributed by atoms with Crippen molar-refractivity contribution in [2.45, 2.75) is 44.0 Å². The first-order valence-electron chi connectivity index (χ1n) is 6.59. The van der Waals surface area contributed by atoms with Crippen LogP contribution in [0, 0.1) is 0 Å². The van der Waals surface area contributed by atoms with Gasteiger partial charge in [0.2, 0.25) is 10.0 Å². The van der Waals surface area contributed by atoms with E-state index in [0.717, 1.165) is 19.3 Å².